The first kappa shape index (κ1) is 16.3. The lowest BCUT2D eigenvalue weighted by molar-refractivity contribution is 0.0911. The van der Waals surface area contributed by atoms with Gasteiger partial charge in [0, 0.05) is 18.8 Å². The molecule has 1 aromatic rings. The Morgan fingerprint density at radius 3 is 2.95 bits per heavy atom. The van der Waals surface area contributed by atoms with E-state index in [0.717, 1.165) is 30.6 Å². The molecule has 0 amide bonds. The summed E-state index contributed by atoms with van der Waals surface area (Å²) in [4.78, 5) is 0. The van der Waals surface area contributed by atoms with Gasteiger partial charge in [-0.1, -0.05) is 18.2 Å². The number of ether oxygens (including phenoxy) is 1. The van der Waals surface area contributed by atoms with Crippen molar-refractivity contribution in [1.29, 1.82) is 0 Å². The lowest BCUT2D eigenvalue weighted by Gasteiger charge is -2.21. The molecular formula is C15H24N2O3S. The molecule has 0 spiro atoms. The van der Waals surface area contributed by atoms with Crippen LogP contribution in [0.1, 0.15) is 31.4 Å². The Hall–Kier alpha value is -1.11. The first-order valence-corrected chi connectivity index (χ1v) is 9.07. The Morgan fingerprint density at radius 1 is 1.38 bits per heavy atom. The largest absolute Gasteiger partial charge is 0.385 e. The third-order valence-corrected chi connectivity index (χ3v) is 4.74. The van der Waals surface area contributed by atoms with Crippen molar-refractivity contribution in [3.63, 3.8) is 0 Å². The van der Waals surface area contributed by atoms with E-state index in [9.17, 15) is 8.42 Å². The summed E-state index contributed by atoms with van der Waals surface area (Å²) in [6.45, 7) is 5.27. The molecule has 6 heteroatoms. The van der Waals surface area contributed by atoms with Crippen LogP contribution in [-0.2, 0) is 27.7 Å². The van der Waals surface area contributed by atoms with Gasteiger partial charge in [0.05, 0.1) is 18.5 Å². The van der Waals surface area contributed by atoms with Crippen LogP contribution < -0.4 is 10.0 Å². The molecule has 2 rings (SSSR count). The van der Waals surface area contributed by atoms with E-state index < -0.39 is 10.0 Å². The molecule has 0 bridgehead atoms. The Balaban J connectivity index is 1.93. The van der Waals surface area contributed by atoms with E-state index in [-0.39, 0.29) is 18.5 Å². The van der Waals surface area contributed by atoms with Gasteiger partial charge in [-0.25, -0.2) is 13.1 Å². The number of rotatable bonds is 7. The third-order valence-electron chi connectivity index (χ3n) is 3.45. The van der Waals surface area contributed by atoms with Gasteiger partial charge in [-0.2, -0.15) is 0 Å². The zero-order valence-electron chi connectivity index (χ0n) is 12.7. The van der Waals surface area contributed by atoms with Crippen molar-refractivity contribution < 1.29 is 13.2 Å². The third kappa shape index (κ3) is 4.98. The molecule has 118 valence electrons. The van der Waals surface area contributed by atoms with Crippen molar-refractivity contribution in [1.82, 2.24) is 4.72 Å². The summed E-state index contributed by atoms with van der Waals surface area (Å²) in [5.41, 5.74) is 3.35. The molecule has 0 fully saturated rings. The zero-order chi connectivity index (χ0) is 15.3. The van der Waals surface area contributed by atoms with Crippen LogP contribution in [-0.4, -0.2) is 33.4 Å². The van der Waals surface area contributed by atoms with Crippen LogP contribution in [0.2, 0.25) is 0 Å². The average molecular weight is 312 g/mol. The standard InChI is InChI=1S/C15H24N2O3S/c1-12(2)20-9-10-21(18,19)17-11-14-6-3-5-13-7-4-8-16-15(13)14/h3,5-6,12,16-17H,4,7-11H2,1-2H3. The molecule has 0 saturated heterocycles. The van der Waals surface area contributed by atoms with Gasteiger partial charge in [-0.15, -0.1) is 0 Å². The quantitative estimate of drug-likeness (QED) is 0.807. The molecule has 2 N–H and O–H groups in total. The number of nitrogens with one attached hydrogen (secondary N) is 2. The van der Waals surface area contributed by atoms with Crippen LogP contribution >= 0.6 is 0 Å². The summed E-state index contributed by atoms with van der Waals surface area (Å²) in [5.74, 6) is -0.00632. The molecule has 1 aliphatic rings. The molecule has 21 heavy (non-hydrogen) atoms. The molecular weight excluding hydrogens is 288 g/mol. The van der Waals surface area contributed by atoms with Crippen LogP contribution in [0.3, 0.4) is 0 Å². The fourth-order valence-electron chi connectivity index (χ4n) is 2.38. The number of para-hydroxylation sites is 1. The minimum absolute atomic E-state index is 0.00632. The van der Waals surface area contributed by atoms with Crippen molar-refractivity contribution in [2.45, 2.75) is 39.3 Å². The number of aryl methyl sites for hydroxylation is 1. The number of benzene rings is 1. The molecule has 1 heterocycles. The maximum atomic E-state index is 11.9. The van der Waals surface area contributed by atoms with Gasteiger partial charge in [0.2, 0.25) is 10.0 Å². The molecule has 1 aromatic carbocycles. The number of sulfonamides is 1. The van der Waals surface area contributed by atoms with Gasteiger partial charge in [0.25, 0.3) is 0 Å². The van der Waals surface area contributed by atoms with E-state index in [0.29, 0.717) is 6.54 Å². The maximum absolute atomic E-state index is 11.9. The highest BCUT2D eigenvalue weighted by Crippen LogP contribution is 2.25. The van der Waals surface area contributed by atoms with Gasteiger partial charge < -0.3 is 10.1 Å². The van der Waals surface area contributed by atoms with Gasteiger partial charge in [0.15, 0.2) is 0 Å². The summed E-state index contributed by atoms with van der Waals surface area (Å²) >= 11 is 0. The number of anilines is 1. The minimum atomic E-state index is -3.30. The molecule has 0 aromatic heterocycles. The number of hydrogen-bond acceptors (Lipinski definition) is 4. The van der Waals surface area contributed by atoms with E-state index in [1.165, 1.54) is 5.56 Å². The Morgan fingerprint density at radius 2 is 2.19 bits per heavy atom. The van der Waals surface area contributed by atoms with Crippen LogP contribution in [0, 0.1) is 0 Å². The fourth-order valence-corrected chi connectivity index (χ4v) is 3.22. The van der Waals surface area contributed by atoms with E-state index >= 15 is 0 Å². The van der Waals surface area contributed by atoms with Crippen molar-refractivity contribution in [2.24, 2.45) is 0 Å². The average Bonchev–Trinajstić information content (AvgIpc) is 2.44. The summed E-state index contributed by atoms with van der Waals surface area (Å²) < 4.78 is 31.8. The Labute approximate surface area is 127 Å². The lowest BCUT2D eigenvalue weighted by Crippen LogP contribution is -2.29. The number of fused-ring (bicyclic) bond motifs is 1. The predicted octanol–water partition coefficient (Wildman–Crippen LogP) is 1.89. The molecule has 0 atom stereocenters. The minimum Gasteiger partial charge on any atom is -0.385 e. The van der Waals surface area contributed by atoms with Crippen LogP contribution in [0.25, 0.3) is 0 Å². The predicted molar refractivity (Wildman–Crippen MR) is 85.0 cm³/mol. The topological polar surface area (TPSA) is 67.4 Å². The molecule has 5 nitrogen and oxygen atoms in total. The molecule has 1 aliphatic heterocycles. The molecule has 0 unspecified atom stereocenters. The zero-order valence-corrected chi connectivity index (χ0v) is 13.5. The van der Waals surface area contributed by atoms with E-state index in [2.05, 4.69) is 16.1 Å². The smallest absolute Gasteiger partial charge is 0.214 e. The van der Waals surface area contributed by atoms with Crippen molar-refractivity contribution in [3.8, 4) is 0 Å². The monoisotopic (exact) mass is 312 g/mol. The second-order valence-corrected chi connectivity index (χ2v) is 7.47. The van der Waals surface area contributed by atoms with Gasteiger partial charge in [-0.05, 0) is 37.8 Å². The summed E-state index contributed by atoms with van der Waals surface area (Å²) in [5, 5.41) is 3.37. The summed E-state index contributed by atoms with van der Waals surface area (Å²) in [7, 11) is -3.30. The Bertz CT molecular complexity index is 570. The van der Waals surface area contributed by atoms with Crippen LogP contribution in [0.15, 0.2) is 18.2 Å². The lowest BCUT2D eigenvalue weighted by atomic mass is 9.99. The van der Waals surface area contributed by atoms with Crippen molar-refractivity contribution in [3.05, 3.63) is 29.3 Å². The summed E-state index contributed by atoms with van der Waals surface area (Å²) in [6, 6.07) is 6.04. The van der Waals surface area contributed by atoms with Gasteiger partial charge >= 0.3 is 0 Å². The molecule has 0 saturated carbocycles. The van der Waals surface area contributed by atoms with E-state index in [1.54, 1.807) is 0 Å². The molecule has 0 radical (unpaired) electrons. The second-order valence-electron chi connectivity index (χ2n) is 5.54. The highest BCUT2D eigenvalue weighted by Gasteiger charge is 2.15. The van der Waals surface area contributed by atoms with Crippen LogP contribution in [0.4, 0.5) is 5.69 Å². The first-order chi connectivity index (χ1) is 9.98. The normalized spacial score (nSPS) is 14.8. The van der Waals surface area contributed by atoms with Crippen LogP contribution in [0.5, 0.6) is 0 Å². The molecule has 0 aliphatic carbocycles. The SMILES string of the molecule is CC(C)OCCS(=O)(=O)NCc1cccc2c1NCCC2. The maximum Gasteiger partial charge on any atom is 0.214 e. The van der Waals surface area contributed by atoms with E-state index in [4.69, 9.17) is 4.74 Å². The highest BCUT2D eigenvalue weighted by molar-refractivity contribution is 7.89. The highest BCUT2D eigenvalue weighted by atomic mass is 32.2. The fraction of sp³-hybridized carbons (Fsp3) is 0.600. The Kier molecular flexibility index (Phi) is 5.61. The summed E-state index contributed by atoms with van der Waals surface area (Å²) in [6.07, 6.45) is 2.21. The number of hydrogen-bond donors (Lipinski definition) is 2. The van der Waals surface area contributed by atoms with E-state index in [1.807, 2.05) is 26.0 Å². The van der Waals surface area contributed by atoms with Gasteiger partial charge in [0.1, 0.15) is 0 Å². The van der Waals surface area contributed by atoms with Crippen molar-refractivity contribution in [2.75, 3.05) is 24.2 Å². The van der Waals surface area contributed by atoms with Gasteiger partial charge in [-0.3, -0.25) is 0 Å². The van der Waals surface area contributed by atoms with Crippen molar-refractivity contribution >= 4 is 15.7 Å². The second kappa shape index (κ2) is 7.24. The first-order valence-electron chi connectivity index (χ1n) is 7.41.